The van der Waals surface area contributed by atoms with E-state index < -0.39 is 0 Å². The fourth-order valence-electron chi connectivity index (χ4n) is 4.79. The van der Waals surface area contributed by atoms with E-state index in [1.165, 1.54) is 29.7 Å². The summed E-state index contributed by atoms with van der Waals surface area (Å²) >= 11 is 5.56. The Morgan fingerprint density at radius 2 is 1.81 bits per heavy atom. The van der Waals surface area contributed by atoms with E-state index in [0.29, 0.717) is 17.2 Å². The minimum Gasteiger partial charge on any atom is -0.362 e. The number of nitrogens with one attached hydrogen (secondary N) is 3. The lowest BCUT2D eigenvalue weighted by atomic mass is 9.91. The predicted molar refractivity (Wildman–Crippen MR) is 138 cm³/mol. The molecule has 6 nitrogen and oxygen atoms in total. The van der Waals surface area contributed by atoms with Gasteiger partial charge < -0.3 is 20.9 Å². The number of hydrogen-bond acceptors (Lipinski definition) is 5. The number of aromatic nitrogens is 2. The molecule has 1 saturated carbocycles. The molecule has 0 atom stereocenters. The van der Waals surface area contributed by atoms with Crippen molar-refractivity contribution in [2.24, 2.45) is 0 Å². The van der Waals surface area contributed by atoms with Crippen LogP contribution in [0.5, 0.6) is 0 Å². The summed E-state index contributed by atoms with van der Waals surface area (Å²) in [5.74, 6) is 1.87. The predicted octanol–water partition coefficient (Wildman–Crippen LogP) is 4.69. The van der Waals surface area contributed by atoms with Crippen molar-refractivity contribution in [2.75, 3.05) is 29.6 Å². The van der Waals surface area contributed by atoms with Gasteiger partial charge in [0.15, 0.2) is 5.11 Å². The summed E-state index contributed by atoms with van der Waals surface area (Å²) in [5.41, 5.74) is 4.94. The zero-order chi connectivity index (χ0) is 22.5. The molecule has 1 heterocycles. The Morgan fingerprint density at radius 1 is 1.06 bits per heavy atom. The molecule has 32 heavy (non-hydrogen) atoms. The molecule has 0 amide bonds. The maximum Gasteiger partial charge on any atom is 0.225 e. The van der Waals surface area contributed by atoms with Crippen LogP contribution in [0.3, 0.4) is 0 Å². The third-order valence-corrected chi connectivity index (χ3v) is 6.79. The lowest BCUT2D eigenvalue weighted by Gasteiger charge is -2.31. The van der Waals surface area contributed by atoms with Crippen molar-refractivity contribution in [3.63, 3.8) is 0 Å². The van der Waals surface area contributed by atoms with Crippen molar-refractivity contribution >= 4 is 34.8 Å². The maximum atomic E-state index is 5.56. The number of benzene rings is 1. The standard InChI is InChI=1S/C25H36N6S/c1-4-17-8-7-9-20(16-17)28-25(32)27-19-14-12-18(13-15-19)26-24-29-22-11-6-5-10-21(22)23(30-24)31(2)3/h7-9,16,18-19H,4-6,10-15H2,1-3H3,(H,26,29,30)(H2,27,28,32). The second-order valence-corrected chi connectivity index (χ2v) is 9.65. The Labute approximate surface area is 197 Å². The molecule has 7 heteroatoms. The van der Waals surface area contributed by atoms with Gasteiger partial charge in [0.1, 0.15) is 5.82 Å². The van der Waals surface area contributed by atoms with Crippen molar-refractivity contribution in [2.45, 2.75) is 76.8 Å². The second kappa shape index (κ2) is 10.5. The van der Waals surface area contributed by atoms with E-state index in [1.807, 2.05) is 0 Å². The maximum absolute atomic E-state index is 5.56. The highest BCUT2D eigenvalue weighted by molar-refractivity contribution is 7.80. The van der Waals surface area contributed by atoms with Crippen molar-refractivity contribution < 1.29 is 0 Å². The SMILES string of the molecule is CCc1cccc(NC(=S)NC2CCC(Nc3nc4c(c(N(C)C)n3)CCCC4)CC2)c1. The van der Waals surface area contributed by atoms with Crippen LogP contribution in [0.2, 0.25) is 0 Å². The molecule has 172 valence electrons. The molecule has 2 aliphatic carbocycles. The number of hydrogen-bond donors (Lipinski definition) is 3. The van der Waals surface area contributed by atoms with Crippen LogP contribution < -0.4 is 20.9 Å². The molecule has 0 aliphatic heterocycles. The van der Waals surface area contributed by atoms with Gasteiger partial charge in [-0.05, 0) is 87.7 Å². The number of aryl methyl sites for hydroxylation is 2. The van der Waals surface area contributed by atoms with E-state index in [0.717, 1.165) is 62.4 Å². The van der Waals surface area contributed by atoms with Crippen LogP contribution >= 0.6 is 12.2 Å². The highest BCUT2D eigenvalue weighted by Crippen LogP contribution is 2.29. The zero-order valence-corrected chi connectivity index (χ0v) is 20.4. The van der Waals surface area contributed by atoms with Crippen LogP contribution in [0, 0.1) is 0 Å². The third-order valence-electron chi connectivity index (χ3n) is 6.57. The van der Waals surface area contributed by atoms with Crippen LogP contribution in [0.1, 0.15) is 62.3 Å². The third kappa shape index (κ3) is 5.68. The highest BCUT2D eigenvalue weighted by atomic mass is 32.1. The first kappa shape index (κ1) is 22.8. The van der Waals surface area contributed by atoms with Crippen LogP contribution in [0.15, 0.2) is 24.3 Å². The fourth-order valence-corrected chi connectivity index (χ4v) is 5.08. The van der Waals surface area contributed by atoms with E-state index in [2.05, 4.69) is 66.1 Å². The average molecular weight is 453 g/mol. The van der Waals surface area contributed by atoms with Crippen LogP contribution in [-0.4, -0.2) is 41.3 Å². The van der Waals surface area contributed by atoms with Crippen LogP contribution in [0.4, 0.5) is 17.5 Å². The van der Waals surface area contributed by atoms with E-state index in [9.17, 15) is 0 Å². The molecule has 0 spiro atoms. The van der Waals surface area contributed by atoms with Crippen molar-refractivity contribution in [3.05, 3.63) is 41.1 Å². The van der Waals surface area contributed by atoms with Gasteiger partial charge in [0.25, 0.3) is 0 Å². The number of anilines is 3. The normalized spacial score (nSPS) is 20.2. The van der Waals surface area contributed by atoms with E-state index in [1.54, 1.807) is 0 Å². The van der Waals surface area contributed by atoms with Crippen molar-refractivity contribution in [1.29, 1.82) is 0 Å². The summed E-state index contributed by atoms with van der Waals surface area (Å²) in [5, 5.41) is 11.2. The zero-order valence-electron chi connectivity index (χ0n) is 19.6. The smallest absolute Gasteiger partial charge is 0.225 e. The van der Waals surface area contributed by atoms with E-state index in [4.69, 9.17) is 22.2 Å². The van der Waals surface area contributed by atoms with Crippen molar-refractivity contribution in [1.82, 2.24) is 15.3 Å². The molecule has 1 aromatic heterocycles. The molecular weight excluding hydrogens is 416 g/mol. The summed E-state index contributed by atoms with van der Waals surface area (Å²) < 4.78 is 0. The summed E-state index contributed by atoms with van der Waals surface area (Å²) in [4.78, 5) is 11.9. The molecule has 3 N–H and O–H groups in total. The quantitative estimate of drug-likeness (QED) is 0.549. The first-order valence-corrected chi connectivity index (χ1v) is 12.4. The van der Waals surface area contributed by atoms with Gasteiger partial charge in [0.2, 0.25) is 5.95 Å². The van der Waals surface area contributed by atoms with Gasteiger partial charge in [-0.15, -0.1) is 0 Å². The lowest BCUT2D eigenvalue weighted by Crippen LogP contribution is -2.42. The van der Waals surface area contributed by atoms with Crippen LogP contribution in [-0.2, 0) is 19.3 Å². The van der Waals surface area contributed by atoms with Gasteiger partial charge in [-0.1, -0.05) is 19.1 Å². The molecule has 1 aromatic carbocycles. The molecule has 2 aliphatic rings. The van der Waals surface area contributed by atoms with E-state index >= 15 is 0 Å². The van der Waals surface area contributed by atoms with Gasteiger partial charge in [0, 0.05) is 37.4 Å². The molecule has 0 bridgehead atoms. The van der Waals surface area contributed by atoms with Gasteiger partial charge >= 0.3 is 0 Å². The largest absolute Gasteiger partial charge is 0.362 e. The number of thiocarbonyl (C=S) groups is 1. The summed E-state index contributed by atoms with van der Waals surface area (Å²) in [6, 6.07) is 9.26. The van der Waals surface area contributed by atoms with Gasteiger partial charge in [-0.3, -0.25) is 0 Å². The Kier molecular flexibility index (Phi) is 7.45. The first-order valence-electron chi connectivity index (χ1n) is 12.0. The molecule has 1 fully saturated rings. The minimum atomic E-state index is 0.407. The summed E-state index contributed by atoms with van der Waals surface area (Å²) in [6.07, 6.45) is 9.99. The van der Waals surface area contributed by atoms with Crippen molar-refractivity contribution in [3.8, 4) is 0 Å². The van der Waals surface area contributed by atoms with Gasteiger partial charge in [-0.25, -0.2) is 4.98 Å². The average Bonchev–Trinajstić information content (AvgIpc) is 2.80. The lowest BCUT2D eigenvalue weighted by molar-refractivity contribution is 0.387. The Balaban J connectivity index is 1.29. The second-order valence-electron chi connectivity index (χ2n) is 9.24. The summed E-state index contributed by atoms with van der Waals surface area (Å²) in [6.45, 7) is 2.17. The van der Waals surface area contributed by atoms with Gasteiger partial charge in [-0.2, -0.15) is 4.98 Å². The molecule has 0 saturated heterocycles. The Hall–Kier alpha value is -2.41. The monoisotopic (exact) mass is 452 g/mol. The Bertz CT molecular complexity index is 936. The van der Waals surface area contributed by atoms with Crippen LogP contribution in [0.25, 0.3) is 0 Å². The summed E-state index contributed by atoms with van der Waals surface area (Å²) in [7, 11) is 4.15. The molecule has 2 aromatic rings. The number of rotatable bonds is 6. The molecule has 0 radical (unpaired) electrons. The fraction of sp³-hybridized carbons (Fsp3) is 0.560. The van der Waals surface area contributed by atoms with Gasteiger partial charge in [0.05, 0.1) is 5.69 Å². The van der Waals surface area contributed by atoms with E-state index in [-0.39, 0.29) is 0 Å². The Morgan fingerprint density at radius 3 is 2.56 bits per heavy atom. The number of fused-ring (bicyclic) bond motifs is 1. The molecular formula is C25H36N6S. The molecule has 4 rings (SSSR count). The first-order chi connectivity index (χ1) is 15.5. The molecule has 0 unspecified atom stereocenters. The number of nitrogens with zero attached hydrogens (tertiary/aromatic N) is 3. The highest BCUT2D eigenvalue weighted by Gasteiger charge is 2.24. The minimum absolute atomic E-state index is 0.407. The topological polar surface area (TPSA) is 65.1 Å².